The molecule has 0 spiro atoms. The highest BCUT2D eigenvalue weighted by Crippen LogP contribution is 1.93. The molecule has 0 aromatic carbocycles. The van der Waals surface area contributed by atoms with Gasteiger partial charge in [0.05, 0.1) is 6.10 Å². The van der Waals surface area contributed by atoms with E-state index >= 15 is 0 Å². The molecule has 2 heteroatoms. The van der Waals surface area contributed by atoms with Gasteiger partial charge >= 0.3 is 0 Å². The molecule has 0 rings (SSSR count). The van der Waals surface area contributed by atoms with E-state index in [1.54, 1.807) is 7.11 Å². The summed E-state index contributed by atoms with van der Waals surface area (Å²) in [5.74, 6) is 0. The lowest BCUT2D eigenvalue weighted by Crippen LogP contribution is -2.01. The molecule has 0 bridgehead atoms. The highest BCUT2D eigenvalue weighted by Gasteiger charge is 1.92. The van der Waals surface area contributed by atoms with Crippen molar-refractivity contribution >= 4 is 0 Å². The van der Waals surface area contributed by atoms with Crippen molar-refractivity contribution in [2.75, 3.05) is 13.7 Å². The lowest BCUT2D eigenvalue weighted by Gasteiger charge is -2.00. The van der Waals surface area contributed by atoms with Crippen LogP contribution < -0.4 is 0 Å². The van der Waals surface area contributed by atoms with Gasteiger partial charge < -0.3 is 9.84 Å². The summed E-state index contributed by atoms with van der Waals surface area (Å²) in [6.07, 6.45) is 1.19. The summed E-state index contributed by atoms with van der Waals surface area (Å²) in [7, 11) is 1.65. The van der Waals surface area contributed by atoms with E-state index in [1.807, 2.05) is 0 Å². The van der Waals surface area contributed by atoms with Gasteiger partial charge in [0.25, 0.3) is 0 Å². The molecule has 0 aromatic heterocycles. The smallest absolute Gasteiger partial charge is 0.0542 e. The van der Waals surface area contributed by atoms with E-state index in [9.17, 15) is 0 Å². The number of hydrogen-bond acceptors (Lipinski definition) is 2. The van der Waals surface area contributed by atoms with Crippen LogP contribution >= 0.6 is 0 Å². The second-order valence-electron chi connectivity index (χ2n) is 1.79. The Morgan fingerprint density at radius 2 is 2.38 bits per heavy atom. The van der Waals surface area contributed by atoms with Crippen molar-refractivity contribution < 1.29 is 9.84 Å². The zero-order chi connectivity index (χ0) is 6.41. The zero-order valence-corrected chi connectivity index (χ0v) is 5.26. The fourth-order valence-corrected chi connectivity index (χ4v) is 0.463. The third-order valence-electron chi connectivity index (χ3n) is 0.886. The van der Waals surface area contributed by atoms with Gasteiger partial charge in [-0.05, 0) is 19.8 Å². The molecule has 0 amide bonds. The Morgan fingerprint density at radius 1 is 1.75 bits per heavy atom. The minimum atomic E-state index is -0.426. The normalized spacial score (nSPS) is 13.9. The average molecular weight is 117 g/mol. The van der Waals surface area contributed by atoms with Gasteiger partial charge in [-0.25, -0.2) is 0 Å². The van der Waals surface area contributed by atoms with E-state index in [4.69, 9.17) is 9.84 Å². The van der Waals surface area contributed by atoms with Crippen molar-refractivity contribution in [2.24, 2.45) is 0 Å². The minimum Gasteiger partial charge on any atom is -0.393 e. The minimum absolute atomic E-state index is 0.426. The van der Waals surface area contributed by atoms with E-state index in [0.29, 0.717) is 6.61 Å². The fraction of sp³-hybridized carbons (Fsp3) is 0.833. The lowest BCUT2D eigenvalue weighted by molar-refractivity contribution is 0.159. The van der Waals surface area contributed by atoms with E-state index < -0.39 is 6.10 Å². The largest absolute Gasteiger partial charge is 0.393 e. The Kier molecular flexibility index (Phi) is 5.01. The van der Waals surface area contributed by atoms with Crippen molar-refractivity contribution in [3.05, 3.63) is 6.92 Å². The van der Waals surface area contributed by atoms with Crippen LogP contribution in [0.3, 0.4) is 0 Å². The van der Waals surface area contributed by atoms with E-state index in [2.05, 4.69) is 6.92 Å². The van der Waals surface area contributed by atoms with Gasteiger partial charge in [0, 0.05) is 13.7 Å². The molecule has 0 saturated carbocycles. The number of rotatable bonds is 4. The van der Waals surface area contributed by atoms with Crippen LogP contribution in [0.1, 0.15) is 12.8 Å². The van der Waals surface area contributed by atoms with Crippen LogP contribution in [0.15, 0.2) is 0 Å². The van der Waals surface area contributed by atoms with E-state index in [0.717, 1.165) is 12.8 Å². The summed E-state index contributed by atoms with van der Waals surface area (Å²) in [5, 5.41) is 8.61. The maximum atomic E-state index is 8.61. The summed E-state index contributed by atoms with van der Waals surface area (Å²) in [4.78, 5) is 0. The van der Waals surface area contributed by atoms with E-state index in [-0.39, 0.29) is 0 Å². The molecule has 0 heterocycles. The third kappa shape index (κ3) is 5.92. The standard InChI is InChI=1S/C6H13O2/c1-6(7)4-3-5-8-2/h6-7H,1,3-5H2,2H3. The number of methoxy groups -OCH3 is 1. The molecule has 1 unspecified atom stereocenters. The number of aliphatic hydroxyl groups is 1. The Hall–Kier alpha value is -0.0800. The second-order valence-corrected chi connectivity index (χ2v) is 1.79. The summed E-state index contributed by atoms with van der Waals surface area (Å²) in [5.41, 5.74) is 0. The van der Waals surface area contributed by atoms with Crippen LogP contribution in [0, 0.1) is 6.92 Å². The summed E-state index contributed by atoms with van der Waals surface area (Å²) >= 11 is 0. The molecule has 1 atom stereocenters. The highest BCUT2D eigenvalue weighted by molar-refractivity contribution is 4.54. The molecule has 0 fully saturated rings. The zero-order valence-electron chi connectivity index (χ0n) is 5.26. The maximum Gasteiger partial charge on any atom is 0.0542 e. The molecule has 0 aliphatic carbocycles. The van der Waals surface area contributed by atoms with Crippen LogP contribution in [0.2, 0.25) is 0 Å². The summed E-state index contributed by atoms with van der Waals surface area (Å²) in [6, 6.07) is 0. The molecular weight excluding hydrogens is 104 g/mol. The number of hydrogen-bond donors (Lipinski definition) is 1. The molecule has 49 valence electrons. The molecule has 1 radical (unpaired) electrons. The Morgan fingerprint density at radius 3 is 2.75 bits per heavy atom. The molecule has 2 nitrogen and oxygen atoms in total. The number of aliphatic hydroxyl groups excluding tert-OH is 1. The van der Waals surface area contributed by atoms with E-state index in [1.165, 1.54) is 0 Å². The lowest BCUT2D eigenvalue weighted by atomic mass is 10.2. The molecule has 8 heavy (non-hydrogen) atoms. The summed E-state index contributed by atoms with van der Waals surface area (Å²) in [6.45, 7) is 4.13. The van der Waals surface area contributed by atoms with Crippen LogP contribution in [0.5, 0.6) is 0 Å². The molecule has 1 N–H and O–H groups in total. The van der Waals surface area contributed by atoms with Crippen molar-refractivity contribution in [1.29, 1.82) is 0 Å². The first-order valence-corrected chi connectivity index (χ1v) is 2.77. The average Bonchev–Trinajstić information content (AvgIpc) is 1.66. The van der Waals surface area contributed by atoms with Gasteiger partial charge in [0.2, 0.25) is 0 Å². The van der Waals surface area contributed by atoms with Crippen LogP contribution in [-0.4, -0.2) is 24.9 Å². The van der Waals surface area contributed by atoms with Crippen molar-refractivity contribution in [3.8, 4) is 0 Å². The van der Waals surface area contributed by atoms with Gasteiger partial charge in [0.1, 0.15) is 0 Å². The van der Waals surface area contributed by atoms with Crippen molar-refractivity contribution in [2.45, 2.75) is 18.9 Å². The Labute approximate surface area is 50.5 Å². The first-order valence-electron chi connectivity index (χ1n) is 2.77. The monoisotopic (exact) mass is 117 g/mol. The van der Waals surface area contributed by atoms with Gasteiger partial charge in [-0.2, -0.15) is 0 Å². The van der Waals surface area contributed by atoms with Crippen LogP contribution in [0.4, 0.5) is 0 Å². The maximum absolute atomic E-state index is 8.61. The first kappa shape index (κ1) is 7.92. The highest BCUT2D eigenvalue weighted by atomic mass is 16.5. The fourth-order valence-electron chi connectivity index (χ4n) is 0.463. The topological polar surface area (TPSA) is 29.5 Å². The van der Waals surface area contributed by atoms with Gasteiger partial charge in [-0.15, -0.1) is 0 Å². The van der Waals surface area contributed by atoms with Gasteiger partial charge in [-0.3, -0.25) is 0 Å². The summed E-state index contributed by atoms with van der Waals surface area (Å²) < 4.78 is 4.75. The molecule has 0 aromatic rings. The Balaban J connectivity index is 2.72. The SMILES string of the molecule is [CH2]C(O)CCCOC. The quantitative estimate of drug-likeness (QED) is 0.546. The predicted octanol–water partition coefficient (Wildman–Crippen LogP) is 0.608. The first-order chi connectivity index (χ1) is 3.77. The Bertz CT molecular complexity index is 43.8. The van der Waals surface area contributed by atoms with Gasteiger partial charge in [0.15, 0.2) is 0 Å². The second kappa shape index (κ2) is 5.06. The van der Waals surface area contributed by atoms with Gasteiger partial charge in [-0.1, -0.05) is 0 Å². The van der Waals surface area contributed by atoms with Crippen molar-refractivity contribution in [3.63, 3.8) is 0 Å². The van der Waals surface area contributed by atoms with Crippen molar-refractivity contribution in [1.82, 2.24) is 0 Å². The van der Waals surface area contributed by atoms with Crippen LogP contribution in [-0.2, 0) is 4.74 Å². The molecule has 0 aliphatic heterocycles. The third-order valence-corrected chi connectivity index (χ3v) is 0.886. The van der Waals surface area contributed by atoms with Crippen LogP contribution in [0.25, 0.3) is 0 Å². The number of ether oxygens (including phenoxy) is 1. The predicted molar refractivity (Wildman–Crippen MR) is 32.5 cm³/mol. The molecule has 0 saturated heterocycles. The molecule has 0 aliphatic rings. The molecular formula is C6H13O2.